The Balaban J connectivity index is 2.66. The van der Waals surface area contributed by atoms with E-state index in [2.05, 4.69) is 19.9 Å². The van der Waals surface area contributed by atoms with Gasteiger partial charge in [0.05, 0.1) is 0 Å². The zero-order valence-corrected chi connectivity index (χ0v) is 6.40. The molecule has 0 atom stereocenters. The van der Waals surface area contributed by atoms with E-state index in [9.17, 15) is 0 Å². The molecule has 53 valence electrons. The highest BCUT2D eigenvalue weighted by atomic mass is 13.9. The van der Waals surface area contributed by atoms with Crippen LogP contribution in [0.4, 0.5) is 0 Å². The molecular weight excluding hydrogens is 108 g/mol. The molecule has 0 aromatic carbocycles. The summed E-state index contributed by atoms with van der Waals surface area (Å²) in [6, 6.07) is 0. The zero-order valence-electron chi connectivity index (χ0n) is 6.40. The lowest BCUT2D eigenvalue weighted by Gasteiger charge is -1.94. The van der Waals surface area contributed by atoms with Crippen molar-refractivity contribution in [3.05, 3.63) is 19.1 Å². The zero-order chi connectivity index (χ0) is 6.95. The summed E-state index contributed by atoms with van der Waals surface area (Å²) in [6.45, 7) is 5.86. The second-order valence-electron chi connectivity index (χ2n) is 2.27. The fraction of sp³-hybridized carbons (Fsp3) is 0.667. The molecule has 0 aromatic heterocycles. The molecule has 0 spiro atoms. The Morgan fingerprint density at radius 2 is 1.89 bits per heavy atom. The Morgan fingerprint density at radius 1 is 1.22 bits per heavy atom. The molecule has 0 N–H and O–H groups in total. The summed E-state index contributed by atoms with van der Waals surface area (Å²) in [4.78, 5) is 0. The molecule has 1 radical (unpaired) electrons. The molecule has 0 saturated carbocycles. The van der Waals surface area contributed by atoms with Crippen molar-refractivity contribution in [3.63, 3.8) is 0 Å². The number of allylic oxidation sites excluding steroid dienone is 1. The summed E-state index contributed by atoms with van der Waals surface area (Å²) in [6.07, 6.45) is 10.6. The van der Waals surface area contributed by atoms with Crippen LogP contribution in [-0.2, 0) is 0 Å². The normalized spacial score (nSPS) is 9.44. The van der Waals surface area contributed by atoms with Gasteiger partial charge in [0, 0.05) is 0 Å². The third-order valence-electron chi connectivity index (χ3n) is 1.36. The summed E-state index contributed by atoms with van der Waals surface area (Å²) in [5.74, 6) is 0. The van der Waals surface area contributed by atoms with Crippen molar-refractivity contribution in [1.29, 1.82) is 0 Å². The van der Waals surface area contributed by atoms with Crippen molar-refractivity contribution >= 4 is 0 Å². The summed E-state index contributed by atoms with van der Waals surface area (Å²) in [7, 11) is 0. The minimum Gasteiger partial charge on any atom is -0.103 e. The molecule has 0 amide bonds. The highest BCUT2D eigenvalue weighted by Crippen LogP contribution is 2.03. The number of hydrogen-bond acceptors (Lipinski definition) is 0. The van der Waals surface area contributed by atoms with Gasteiger partial charge in [-0.25, -0.2) is 0 Å². The maximum atomic E-state index is 3.67. The van der Waals surface area contributed by atoms with Gasteiger partial charge in [0.25, 0.3) is 0 Å². The van der Waals surface area contributed by atoms with Crippen molar-refractivity contribution in [3.8, 4) is 0 Å². The van der Waals surface area contributed by atoms with E-state index >= 15 is 0 Å². The average molecular weight is 125 g/mol. The van der Waals surface area contributed by atoms with Crippen molar-refractivity contribution in [2.45, 2.75) is 39.0 Å². The smallest absolute Gasteiger partial charge is 0.0353 e. The van der Waals surface area contributed by atoms with Gasteiger partial charge in [0.1, 0.15) is 0 Å². The quantitative estimate of drug-likeness (QED) is 0.377. The van der Waals surface area contributed by atoms with E-state index in [1.165, 1.54) is 32.1 Å². The van der Waals surface area contributed by atoms with Crippen LogP contribution >= 0.6 is 0 Å². The van der Waals surface area contributed by atoms with E-state index < -0.39 is 0 Å². The van der Waals surface area contributed by atoms with Crippen molar-refractivity contribution in [1.82, 2.24) is 0 Å². The number of rotatable bonds is 6. The lowest BCUT2D eigenvalue weighted by Crippen LogP contribution is -1.75. The van der Waals surface area contributed by atoms with E-state index in [1.807, 2.05) is 6.08 Å². The van der Waals surface area contributed by atoms with Crippen LogP contribution in [0.15, 0.2) is 12.7 Å². The van der Waals surface area contributed by atoms with Gasteiger partial charge in [-0.2, -0.15) is 0 Å². The highest BCUT2D eigenvalue weighted by Gasteiger charge is 1.84. The van der Waals surface area contributed by atoms with Crippen LogP contribution in [0, 0.1) is 6.42 Å². The third kappa shape index (κ3) is 7.74. The van der Waals surface area contributed by atoms with Crippen LogP contribution in [0.3, 0.4) is 0 Å². The molecule has 9 heavy (non-hydrogen) atoms. The molecule has 0 aromatic rings. The first-order chi connectivity index (χ1) is 4.41. The molecule has 0 aliphatic rings. The predicted octanol–water partition coefficient (Wildman–Crippen LogP) is 3.35. The summed E-state index contributed by atoms with van der Waals surface area (Å²) >= 11 is 0. The van der Waals surface area contributed by atoms with Crippen LogP contribution in [0.25, 0.3) is 0 Å². The molecule has 0 heterocycles. The lowest BCUT2D eigenvalue weighted by molar-refractivity contribution is 0.724. The summed E-state index contributed by atoms with van der Waals surface area (Å²) < 4.78 is 0. The van der Waals surface area contributed by atoms with Crippen LogP contribution in [0.1, 0.15) is 39.0 Å². The summed E-state index contributed by atoms with van der Waals surface area (Å²) in [5, 5.41) is 0. The average Bonchev–Trinajstić information content (AvgIpc) is 1.89. The largest absolute Gasteiger partial charge is 0.103 e. The Morgan fingerprint density at radius 3 is 2.44 bits per heavy atom. The van der Waals surface area contributed by atoms with Gasteiger partial charge >= 0.3 is 0 Å². The predicted molar refractivity (Wildman–Crippen MR) is 43.3 cm³/mol. The minimum absolute atomic E-state index is 1.18. The maximum Gasteiger partial charge on any atom is -0.0353 e. The second-order valence-corrected chi connectivity index (χ2v) is 2.27. The Labute approximate surface area is 59.0 Å². The molecule has 0 nitrogen and oxygen atoms in total. The Kier molecular flexibility index (Phi) is 7.52. The van der Waals surface area contributed by atoms with E-state index in [0.29, 0.717) is 0 Å². The van der Waals surface area contributed by atoms with E-state index in [0.717, 1.165) is 0 Å². The van der Waals surface area contributed by atoms with Crippen LogP contribution in [-0.4, -0.2) is 0 Å². The first-order valence-electron chi connectivity index (χ1n) is 3.84. The maximum absolute atomic E-state index is 3.67. The van der Waals surface area contributed by atoms with Crippen molar-refractivity contribution in [2.24, 2.45) is 0 Å². The number of unbranched alkanes of at least 4 members (excludes halogenated alkanes) is 5. The molecule has 0 saturated heterocycles. The van der Waals surface area contributed by atoms with Crippen LogP contribution in [0.5, 0.6) is 0 Å². The molecule has 0 rings (SSSR count). The van der Waals surface area contributed by atoms with Gasteiger partial charge < -0.3 is 0 Å². The molecule has 0 aliphatic carbocycles. The summed E-state index contributed by atoms with van der Waals surface area (Å²) in [5.41, 5.74) is 0. The monoisotopic (exact) mass is 125 g/mol. The molecule has 0 heteroatoms. The molecule has 0 bridgehead atoms. The van der Waals surface area contributed by atoms with Crippen LogP contribution in [0.2, 0.25) is 0 Å². The lowest BCUT2D eigenvalue weighted by atomic mass is 10.1. The van der Waals surface area contributed by atoms with E-state index in [1.54, 1.807) is 0 Å². The third-order valence-corrected chi connectivity index (χ3v) is 1.36. The molecule has 0 unspecified atom stereocenters. The topological polar surface area (TPSA) is 0 Å². The molecular formula is C9H17. The first kappa shape index (κ1) is 8.74. The fourth-order valence-electron chi connectivity index (χ4n) is 0.781. The van der Waals surface area contributed by atoms with Crippen LogP contribution < -0.4 is 0 Å². The van der Waals surface area contributed by atoms with Gasteiger partial charge in [0.2, 0.25) is 0 Å². The molecule has 0 fully saturated rings. The second kappa shape index (κ2) is 7.74. The van der Waals surface area contributed by atoms with Gasteiger partial charge in [-0.15, -0.1) is 6.58 Å². The number of hydrogen-bond donors (Lipinski definition) is 0. The minimum atomic E-state index is 1.18. The fourth-order valence-corrected chi connectivity index (χ4v) is 0.781. The van der Waals surface area contributed by atoms with Gasteiger partial charge in [-0.05, 0) is 19.3 Å². The Bertz CT molecular complexity index is 55.1. The highest BCUT2D eigenvalue weighted by molar-refractivity contribution is 4.67. The van der Waals surface area contributed by atoms with Gasteiger partial charge in [0.15, 0.2) is 0 Å². The van der Waals surface area contributed by atoms with Crippen molar-refractivity contribution < 1.29 is 0 Å². The van der Waals surface area contributed by atoms with E-state index in [-0.39, 0.29) is 0 Å². The standard InChI is InChI=1S/C9H17/c1-3-5-7-9-8-6-4-2/h3,6H,1,4-5,7-9H2,2H3. The van der Waals surface area contributed by atoms with Gasteiger partial charge in [-0.1, -0.05) is 32.3 Å². The SMILES string of the molecule is C=CCCCC[CH]CC. The van der Waals surface area contributed by atoms with E-state index in [4.69, 9.17) is 0 Å². The van der Waals surface area contributed by atoms with Crippen molar-refractivity contribution in [2.75, 3.05) is 0 Å². The Hall–Kier alpha value is -0.260. The molecule has 0 aliphatic heterocycles. The first-order valence-corrected chi connectivity index (χ1v) is 3.84. The van der Waals surface area contributed by atoms with Gasteiger partial charge in [-0.3, -0.25) is 0 Å².